The molecule has 0 aromatic heterocycles. The second kappa shape index (κ2) is 6.57. The van der Waals surface area contributed by atoms with Crippen molar-refractivity contribution in [2.75, 3.05) is 13.7 Å². The Kier molecular flexibility index (Phi) is 4.80. The van der Waals surface area contributed by atoms with Crippen molar-refractivity contribution < 1.29 is 9.53 Å². The number of carbonyl (C=O) groups excluding carboxylic acids is 1. The fourth-order valence-electron chi connectivity index (χ4n) is 2.40. The molecule has 2 N–H and O–H groups in total. The van der Waals surface area contributed by atoms with Crippen LogP contribution in [0.3, 0.4) is 0 Å². The van der Waals surface area contributed by atoms with Crippen molar-refractivity contribution in [3.63, 3.8) is 0 Å². The van der Waals surface area contributed by atoms with Gasteiger partial charge in [-0.3, -0.25) is 4.79 Å². The Morgan fingerprint density at radius 2 is 2.37 bits per heavy atom. The fourth-order valence-corrected chi connectivity index (χ4v) is 2.40. The Balaban J connectivity index is 1.82. The van der Waals surface area contributed by atoms with E-state index in [0.29, 0.717) is 19.0 Å². The number of hydrogen-bond acceptors (Lipinski definition) is 3. The van der Waals surface area contributed by atoms with Crippen molar-refractivity contribution >= 4 is 5.91 Å². The summed E-state index contributed by atoms with van der Waals surface area (Å²) in [7, 11) is 1.66. The Bertz CT molecular complexity index is 440. The van der Waals surface area contributed by atoms with E-state index < -0.39 is 0 Å². The van der Waals surface area contributed by atoms with E-state index in [1.54, 1.807) is 7.11 Å². The fraction of sp³-hybridized carbons (Fsp3) is 0.533. The van der Waals surface area contributed by atoms with E-state index in [0.717, 1.165) is 29.8 Å². The van der Waals surface area contributed by atoms with Gasteiger partial charge in [-0.2, -0.15) is 0 Å². The van der Waals surface area contributed by atoms with Gasteiger partial charge in [0.05, 0.1) is 7.11 Å². The summed E-state index contributed by atoms with van der Waals surface area (Å²) in [4.78, 5) is 11.8. The molecule has 1 amide bonds. The number of methoxy groups -OCH3 is 1. The number of aryl methyl sites for hydroxylation is 1. The summed E-state index contributed by atoms with van der Waals surface area (Å²) in [6.45, 7) is 3.60. The third-order valence-electron chi connectivity index (χ3n) is 3.56. The maximum absolute atomic E-state index is 11.8. The van der Waals surface area contributed by atoms with Gasteiger partial charge >= 0.3 is 0 Å². The molecule has 1 atom stereocenters. The molecule has 0 radical (unpaired) electrons. The van der Waals surface area contributed by atoms with Gasteiger partial charge in [0, 0.05) is 19.0 Å². The largest absolute Gasteiger partial charge is 0.496 e. The van der Waals surface area contributed by atoms with Crippen molar-refractivity contribution in [2.45, 2.75) is 38.8 Å². The molecule has 1 aromatic carbocycles. The van der Waals surface area contributed by atoms with Crippen molar-refractivity contribution in [2.24, 2.45) is 0 Å². The topological polar surface area (TPSA) is 50.4 Å². The summed E-state index contributed by atoms with van der Waals surface area (Å²) < 4.78 is 5.28. The van der Waals surface area contributed by atoms with Crippen LogP contribution in [-0.4, -0.2) is 25.6 Å². The van der Waals surface area contributed by atoms with Crippen LogP contribution in [0.5, 0.6) is 5.75 Å². The minimum absolute atomic E-state index is 0.110. The minimum Gasteiger partial charge on any atom is -0.496 e. The normalized spacial score (nSPS) is 18.3. The summed E-state index contributed by atoms with van der Waals surface area (Å²) in [6.07, 6.45) is 2.85. The summed E-state index contributed by atoms with van der Waals surface area (Å²) in [6, 6.07) is 6.36. The lowest BCUT2D eigenvalue weighted by molar-refractivity contribution is -0.121. The smallest absolute Gasteiger partial charge is 0.221 e. The van der Waals surface area contributed by atoms with E-state index in [2.05, 4.69) is 10.6 Å². The summed E-state index contributed by atoms with van der Waals surface area (Å²) >= 11 is 0. The number of amides is 1. The Morgan fingerprint density at radius 1 is 1.53 bits per heavy atom. The SMILES string of the molecule is COc1cc(CNC(=O)CC2CCCN2)ccc1C. The van der Waals surface area contributed by atoms with Gasteiger partial charge in [0.25, 0.3) is 0 Å². The number of nitrogens with one attached hydrogen (secondary N) is 2. The molecule has 4 nitrogen and oxygen atoms in total. The third kappa shape index (κ3) is 3.96. The molecule has 1 fully saturated rings. The predicted molar refractivity (Wildman–Crippen MR) is 75.2 cm³/mol. The maximum Gasteiger partial charge on any atom is 0.221 e. The molecule has 0 aliphatic carbocycles. The average Bonchev–Trinajstić information content (AvgIpc) is 2.90. The summed E-state index contributed by atoms with van der Waals surface area (Å²) in [5.74, 6) is 0.975. The monoisotopic (exact) mass is 262 g/mol. The lowest BCUT2D eigenvalue weighted by Gasteiger charge is -2.11. The summed E-state index contributed by atoms with van der Waals surface area (Å²) in [5.41, 5.74) is 2.17. The van der Waals surface area contributed by atoms with E-state index in [-0.39, 0.29) is 5.91 Å². The molecule has 4 heteroatoms. The molecule has 0 saturated carbocycles. The molecule has 1 aliphatic rings. The molecule has 104 valence electrons. The lowest BCUT2D eigenvalue weighted by atomic mass is 10.1. The van der Waals surface area contributed by atoms with Gasteiger partial charge in [-0.25, -0.2) is 0 Å². The highest BCUT2D eigenvalue weighted by atomic mass is 16.5. The van der Waals surface area contributed by atoms with E-state index in [9.17, 15) is 4.79 Å². The molecule has 1 aliphatic heterocycles. The lowest BCUT2D eigenvalue weighted by Crippen LogP contribution is -2.31. The highest BCUT2D eigenvalue weighted by molar-refractivity contribution is 5.76. The van der Waals surface area contributed by atoms with Crippen LogP contribution in [0.15, 0.2) is 18.2 Å². The van der Waals surface area contributed by atoms with Crippen LogP contribution in [0.25, 0.3) is 0 Å². The Hall–Kier alpha value is -1.55. The molecule has 0 spiro atoms. The maximum atomic E-state index is 11.8. The number of ether oxygens (including phenoxy) is 1. The van der Waals surface area contributed by atoms with E-state index in [4.69, 9.17) is 4.74 Å². The van der Waals surface area contributed by atoms with E-state index in [1.165, 1.54) is 6.42 Å². The molecule has 1 saturated heterocycles. The van der Waals surface area contributed by atoms with Crippen LogP contribution in [0.2, 0.25) is 0 Å². The molecule has 2 rings (SSSR count). The van der Waals surface area contributed by atoms with Crippen molar-refractivity contribution in [3.05, 3.63) is 29.3 Å². The number of benzene rings is 1. The Morgan fingerprint density at radius 3 is 3.05 bits per heavy atom. The predicted octanol–water partition coefficient (Wildman–Crippen LogP) is 1.76. The molecule has 0 bridgehead atoms. The van der Waals surface area contributed by atoms with Crippen molar-refractivity contribution in [1.82, 2.24) is 10.6 Å². The van der Waals surface area contributed by atoms with Gasteiger partial charge in [0.2, 0.25) is 5.91 Å². The second-order valence-electron chi connectivity index (χ2n) is 5.08. The second-order valence-corrected chi connectivity index (χ2v) is 5.08. The van der Waals surface area contributed by atoms with Crippen LogP contribution >= 0.6 is 0 Å². The van der Waals surface area contributed by atoms with Gasteiger partial charge in [-0.1, -0.05) is 12.1 Å². The number of carbonyl (C=O) groups is 1. The van der Waals surface area contributed by atoms with Crippen LogP contribution in [0.4, 0.5) is 0 Å². The molecule has 1 heterocycles. The zero-order chi connectivity index (χ0) is 13.7. The molecular formula is C15H22N2O2. The van der Waals surface area contributed by atoms with E-state index >= 15 is 0 Å². The first-order valence-corrected chi connectivity index (χ1v) is 6.82. The van der Waals surface area contributed by atoms with Crippen LogP contribution in [0.1, 0.15) is 30.4 Å². The first-order chi connectivity index (χ1) is 9.19. The first-order valence-electron chi connectivity index (χ1n) is 6.82. The molecular weight excluding hydrogens is 240 g/mol. The third-order valence-corrected chi connectivity index (χ3v) is 3.56. The van der Waals surface area contributed by atoms with Crippen LogP contribution < -0.4 is 15.4 Å². The van der Waals surface area contributed by atoms with Gasteiger partial charge in [-0.15, -0.1) is 0 Å². The van der Waals surface area contributed by atoms with E-state index in [1.807, 2.05) is 25.1 Å². The zero-order valence-electron chi connectivity index (χ0n) is 11.7. The molecule has 1 unspecified atom stereocenters. The number of rotatable bonds is 5. The van der Waals surface area contributed by atoms with Gasteiger partial charge in [-0.05, 0) is 43.5 Å². The highest BCUT2D eigenvalue weighted by Crippen LogP contribution is 2.18. The standard InChI is InChI=1S/C15H22N2O2/c1-11-5-6-12(8-14(11)19-2)10-17-15(18)9-13-4-3-7-16-13/h5-6,8,13,16H,3-4,7,9-10H2,1-2H3,(H,17,18). The summed E-state index contributed by atoms with van der Waals surface area (Å²) in [5, 5.41) is 6.29. The van der Waals surface area contributed by atoms with Gasteiger partial charge in [0.15, 0.2) is 0 Å². The average molecular weight is 262 g/mol. The van der Waals surface area contributed by atoms with Crippen molar-refractivity contribution in [1.29, 1.82) is 0 Å². The quantitative estimate of drug-likeness (QED) is 0.850. The van der Waals surface area contributed by atoms with Crippen molar-refractivity contribution in [3.8, 4) is 5.75 Å². The minimum atomic E-state index is 0.110. The van der Waals surface area contributed by atoms with Crippen LogP contribution in [0, 0.1) is 6.92 Å². The highest BCUT2D eigenvalue weighted by Gasteiger charge is 2.17. The Labute approximate surface area is 114 Å². The first kappa shape index (κ1) is 13.9. The molecule has 19 heavy (non-hydrogen) atoms. The molecule has 1 aromatic rings. The van der Waals surface area contributed by atoms with Gasteiger partial charge < -0.3 is 15.4 Å². The van der Waals surface area contributed by atoms with Gasteiger partial charge in [0.1, 0.15) is 5.75 Å². The number of hydrogen-bond donors (Lipinski definition) is 2. The zero-order valence-corrected chi connectivity index (χ0v) is 11.7. The van der Waals surface area contributed by atoms with Crippen LogP contribution in [-0.2, 0) is 11.3 Å².